The lowest BCUT2D eigenvalue weighted by molar-refractivity contribution is -0.136. The molecule has 0 aromatic carbocycles. The largest absolute Gasteiger partial charge is 0.480 e. The normalized spacial score (nSPS) is 16.5. The quantitative estimate of drug-likeness (QED) is 0.733. The van der Waals surface area contributed by atoms with Crippen molar-refractivity contribution >= 4 is 15.8 Å². The lowest BCUT2D eigenvalue weighted by atomic mass is 10.3. The van der Waals surface area contributed by atoms with Crippen LogP contribution in [0.25, 0.3) is 0 Å². The number of carboxylic acid groups (broad SMARTS) is 1. The van der Waals surface area contributed by atoms with Crippen LogP contribution in [0.15, 0.2) is 0 Å². The molecular weight excluding hydrogens is 192 g/mol. The lowest BCUT2D eigenvalue weighted by Gasteiger charge is -2.15. The topological polar surface area (TPSA) is 71.4 Å². The Balaban J connectivity index is 4.90. The second kappa shape index (κ2) is 4.60. The van der Waals surface area contributed by atoms with Gasteiger partial charge in [-0.05, 0) is 19.8 Å². The van der Waals surface area contributed by atoms with Crippen molar-refractivity contribution in [2.45, 2.75) is 44.1 Å². The number of aliphatic carboxylic acids is 1. The molecule has 0 spiro atoms. The zero-order chi connectivity index (χ0) is 10.6. The van der Waals surface area contributed by atoms with Crippen LogP contribution in [0.5, 0.6) is 0 Å². The van der Waals surface area contributed by atoms with Crippen molar-refractivity contribution in [3.8, 4) is 0 Å². The van der Waals surface area contributed by atoms with Crippen LogP contribution in [0.2, 0.25) is 0 Å². The fourth-order valence-corrected chi connectivity index (χ4v) is 2.83. The zero-order valence-electron chi connectivity index (χ0n) is 8.15. The molecule has 4 nitrogen and oxygen atoms in total. The predicted molar refractivity (Wildman–Crippen MR) is 50.4 cm³/mol. The molecule has 5 heteroatoms. The molecule has 0 bridgehead atoms. The standard InChI is InChI=1S/C8H16O4S/c1-4-6(3)13(11,12)7(5-2)8(9)10/h6-7H,4-5H2,1-3H3,(H,9,10). The number of carboxylic acids is 1. The molecule has 0 fully saturated rings. The van der Waals surface area contributed by atoms with Crippen LogP contribution in [0.3, 0.4) is 0 Å². The second-order valence-corrected chi connectivity index (χ2v) is 5.59. The number of hydrogen-bond acceptors (Lipinski definition) is 3. The molecule has 0 aliphatic rings. The summed E-state index contributed by atoms with van der Waals surface area (Å²) >= 11 is 0. The summed E-state index contributed by atoms with van der Waals surface area (Å²) in [5, 5.41) is 6.85. The molecule has 2 atom stereocenters. The molecule has 0 heterocycles. The minimum Gasteiger partial charge on any atom is -0.480 e. The van der Waals surface area contributed by atoms with E-state index < -0.39 is 26.3 Å². The summed E-state index contributed by atoms with van der Waals surface area (Å²) in [4.78, 5) is 10.6. The Kier molecular flexibility index (Phi) is 4.39. The Morgan fingerprint density at radius 1 is 1.31 bits per heavy atom. The van der Waals surface area contributed by atoms with E-state index in [1.165, 1.54) is 0 Å². The number of hydrogen-bond donors (Lipinski definition) is 1. The van der Waals surface area contributed by atoms with Crippen molar-refractivity contribution in [2.24, 2.45) is 0 Å². The van der Waals surface area contributed by atoms with Gasteiger partial charge in [-0.1, -0.05) is 13.8 Å². The van der Waals surface area contributed by atoms with Gasteiger partial charge in [0, 0.05) is 0 Å². The number of rotatable bonds is 5. The van der Waals surface area contributed by atoms with Crippen LogP contribution in [-0.2, 0) is 14.6 Å². The maximum atomic E-state index is 11.6. The molecule has 0 aliphatic heterocycles. The van der Waals surface area contributed by atoms with E-state index in [4.69, 9.17) is 5.11 Å². The van der Waals surface area contributed by atoms with Gasteiger partial charge in [-0.25, -0.2) is 8.42 Å². The summed E-state index contributed by atoms with van der Waals surface area (Å²) in [5.41, 5.74) is 0. The fraction of sp³-hybridized carbons (Fsp3) is 0.875. The van der Waals surface area contributed by atoms with E-state index in [9.17, 15) is 13.2 Å². The van der Waals surface area contributed by atoms with E-state index in [0.717, 1.165) is 0 Å². The van der Waals surface area contributed by atoms with E-state index >= 15 is 0 Å². The van der Waals surface area contributed by atoms with Crippen LogP contribution in [0.4, 0.5) is 0 Å². The predicted octanol–water partition coefficient (Wildman–Crippen LogP) is 1.06. The highest BCUT2D eigenvalue weighted by Gasteiger charge is 2.34. The number of carbonyl (C=O) groups is 1. The minimum absolute atomic E-state index is 0.127. The van der Waals surface area contributed by atoms with E-state index in [2.05, 4.69) is 0 Å². The molecule has 0 saturated heterocycles. The van der Waals surface area contributed by atoms with Gasteiger partial charge in [-0.15, -0.1) is 0 Å². The van der Waals surface area contributed by atoms with E-state index in [1.54, 1.807) is 20.8 Å². The molecule has 2 unspecified atom stereocenters. The van der Waals surface area contributed by atoms with Crippen LogP contribution in [-0.4, -0.2) is 30.0 Å². The lowest BCUT2D eigenvalue weighted by Crippen LogP contribution is -2.35. The molecule has 0 aromatic rings. The summed E-state index contributed by atoms with van der Waals surface area (Å²) in [7, 11) is -3.50. The van der Waals surface area contributed by atoms with Gasteiger partial charge in [0.05, 0.1) is 5.25 Å². The monoisotopic (exact) mass is 208 g/mol. The van der Waals surface area contributed by atoms with E-state index in [1.807, 2.05) is 0 Å². The van der Waals surface area contributed by atoms with Gasteiger partial charge in [0.25, 0.3) is 0 Å². The molecule has 0 radical (unpaired) electrons. The molecule has 0 rings (SSSR count). The van der Waals surface area contributed by atoms with Crippen molar-refractivity contribution in [3.05, 3.63) is 0 Å². The molecule has 1 N–H and O–H groups in total. The van der Waals surface area contributed by atoms with Gasteiger partial charge in [-0.3, -0.25) is 4.79 Å². The van der Waals surface area contributed by atoms with Gasteiger partial charge >= 0.3 is 5.97 Å². The molecule has 13 heavy (non-hydrogen) atoms. The van der Waals surface area contributed by atoms with Gasteiger partial charge < -0.3 is 5.11 Å². The zero-order valence-corrected chi connectivity index (χ0v) is 8.97. The average molecular weight is 208 g/mol. The smallest absolute Gasteiger partial charge is 0.321 e. The first-order valence-corrected chi connectivity index (χ1v) is 5.94. The highest BCUT2D eigenvalue weighted by Crippen LogP contribution is 2.15. The fourth-order valence-electron chi connectivity index (χ4n) is 1.06. The third-order valence-corrected chi connectivity index (χ3v) is 4.96. The minimum atomic E-state index is -3.50. The van der Waals surface area contributed by atoms with Crippen LogP contribution < -0.4 is 0 Å². The summed E-state index contributed by atoms with van der Waals surface area (Å²) in [6.45, 7) is 4.84. The molecular formula is C8H16O4S. The molecule has 0 aliphatic carbocycles. The second-order valence-electron chi connectivity index (χ2n) is 3.04. The van der Waals surface area contributed by atoms with E-state index in [0.29, 0.717) is 6.42 Å². The summed E-state index contributed by atoms with van der Waals surface area (Å²) in [6, 6.07) is 0. The van der Waals surface area contributed by atoms with Crippen LogP contribution >= 0.6 is 0 Å². The Morgan fingerprint density at radius 3 is 2.00 bits per heavy atom. The molecule has 78 valence electrons. The van der Waals surface area contributed by atoms with Crippen molar-refractivity contribution in [1.29, 1.82) is 0 Å². The Labute approximate surface area is 78.9 Å². The molecule has 0 aromatic heterocycles. The van der Waals surface area contributed by atoms with Gasteiger partial charge in [0.15, 0.2) is 15.1 Å². The maximum absolute atomic E-state index is 11.6. The first-order valence-electron chi connectivity index (χ1n) is 4.33. The summed E-state index contributed by atoms with van der Waals surface area (Å²) in [6.07, 6.45) is 0.578. The van der Waals surface area contributed by atoms with Crippen LogP contribution in [0, 0.1) is 0 Å². The SMILES string of the molecule is CCC(C)S(=O)(=O)C(CC)C(=O)O. The third-order valence-electron chi connectivity index (χ3n) is 2.18. The Hall–Kier alpha value is -0.580. The van der Waals surface area contributed by atoms with Gasteiger partial charge in [0.1, 0.15) is 0 Å². The van der Waals surface area contributed by atoms with Gasteiger partial charge in [0.2, 0.25) is 0 Å². The third kappa shape index (κ3) is 2.69. The molecule has 0 saturated carbocycles. The van der Waals surface area contributed by atoms with E-state index in [-0.39, 0.29) is 6.42 Å². The van der Waals surface area contributed by atoms with Crippen molar-refractivity contribution in [3.63, 3.8) is 0 Å². The number of sulfone groups is 1. The summed E-state index contributed by atoms with van der Waals surface area (Å²) < 4.78 is 23.1. The first-order chi connectivity index (χ1) is 5.87. The average Bonchev–Trinajstić information content (AvgIpc) is 2.02. The molecule has 0 amide bonds. The first kappa shape index (κ1) is 12.4. The summed E-state index contributed by atoms with van der Waals surface area (Å²) in [5.74, 6) is -1.25. The van der Waals surface area contributed by atoms with Gasteiger partial charge in [-0.2, -0.15) is 0 Å². The Bertz CT molecular complexity index is 268. The maximum Gasteiger partial charge on any atom is 0.321 e. The van der Waals surface area contributed by atoms with Crippen molar-refractivity contribution in [2.75, 3.05) is 0 Å². The van der Waals surface area contributed by atoms with Crippen LogP contribution in [0.1, 0.15) is 33.6 Å². The van der Waals surface area contributed by atoms with Crippen molar-refractivity contribution < 1.29 is 18.3 Å². The highest BCUT2D eigenvalue weighted by atomic mass is 32.2. The Morgan fingerprint density at radius 2 is 1.77 bits per heavy atom. The highest BCUT2D eigenvalue weighted by molar-refractivity contribution is 7.93. The van der Waals surface area contributed by atoms with Crippen molar-refractivity contribution in [1.82, 2.24) is 0 Å².